The van der Waals surface area contributed by atoms with Crippen molar-refractivity contribution in [1.29, 1.82) is 0 Å². The molecule has 0 fully saturated rings. The Morgan fingerprint density at radius 2 is 2.05 bits per heavy atom. The Morgan fingerprint density at radius 1 is 1.37 bits per heavy atom. The van der Waals surface area contributed by atoms with E-state index in [2.05, 4.69) is 15.5 Å². The molecule has 102 valence electrons. The van der Waals surface area contributed by atoms with Crippen LogP contribution in [0.25, 0.3) is 0 Å². The highest BCUT2D eigenvalue weighted by Gasteiger charge is 2.13. The average molecular weight is 263 g/mol. The molecule has 2 rings (SSSR count). The molecule has 4 nitrogen and oxygen atoms in total. The quantitative estimate of drug-likeness (QED) is 0.775. The molecule has 5 heteroatoms. The van der Waals surface area contributed by atoms with Gasteiger partial charge in [0.1, 0.15) is 5.82 Å². The molecule has 0 spiro atoms. The minimum Gasteiger partial charge on any atom is -0.387 e. The van der Waals surface area contributed by atoms with Gasteiger partial charge in [-0.2, -0.15) is 5.10 Å². The van der Waals surface area contributed by atoms with Crippen LogP contribution in [0, 0.1) is 12.7 Å². The van der Waals surface area contributed by atoms with Gasteiger partial charge in [0, 0.05) is 23.8 Å². The smallest absolute Gasteiger partial charge is 0.123 e. The first-order chi connectivity index (χ1) is 9.08. The van der Waals surface area contributed by atoms with Crippen molar-refractivity contribution in [2.24, 2.45) is 0 Å². The second-order valence-electron chi connectivity index (χ2n) is 4.65. The standard InChI is InChI=1S/C14H18FN3O/c1-9(13-7-17-18-10(13)2)16-8-14(19)11-3-5-12(15)6-4-11/h3-7,9,14,16,19H,8H2,1-2H3,(H,17,18). The summed E-state index contributed by atoms with van der Waals surface area (Å²) < 4.78 is 12.8. The van der Waals surface area contributed by atoms with Crippen molar-refractivity contribution in [2.75, 3.05) is 6.54 Å². The molecule has 0 aliphatic carbocycles. The van der Waals surface area contributed by atoms with Gasteiger partial charge in [-0.3, -0.25) is 5.10 Å². The summed E-state index contributed by atoms with van der Waals surface area (Å²) in [6, 6.07) is 5.98. The van der Waals surface area contributed by atoms with Crippen LogP contribution in [-0.2, 0) is 0 Å². The molecule has 1 heterocycles. The van der Waals surface area contributed by atoms with Gasteiger partial charge >= 0.3 is 0 Å². The zero-order valence-electron chi connectivity index (χ0n) is 11.0. The summed E-state index contributed by atoms with van der Waals surface area (Å²) in [5.74, 6) is -0.300. The molecule has 0 aliphatic heterocycles. The Hall–Kier alpha value is -1.72. The molecular weight excluding hydrogens is 245 g/mol. The fourth-order valence-electron chi connectivity index (χ4n) is 2.00. The first kappa shape index (κ1) is 13.7. The van der Waals surface area contributed by atoms with Crippen LogP contribution in [0.5, 0.6) is 0 Å². The van der Waals surface area contributed by atoms with Crippen molar-refractivity contribution >= 4 is 0 Å². The van der Waals surface area contributed by atoms with Crippen molar-refractivity contribution in [1.82, 2.24) is 15.5 Å². The molecule has 3 N–H and O–H groups in total. The average Bonchev–Trinajstić information content (AvgIpc) is 2.83. The number of aromatic nitrogens is 2. The maximum atomic E-state index is 12.8. The minimum atomic E-state index is -0.657. The Balaban J connectivity index is 1.91. The van der Waals surface area contributed by atoms with Gasteiger partial charge in [0.05, 0.1) is 12.3 Å². The summed E-state index contributed by atoms with van der Waals surface area (Å²) in [5, 5.41) is 20.1. The number of nitrogens with one attached hydrogen (secondary N) is 2. The van der Waals surface area contributed by atoms with Crippen molar-refractivity contribution in [3.05, 3.63) is 53.1 Å². The molecule has 2 unspecified atom stereocenters. The molecule has 1 aromatic carbocycles. The molecule has 0 bridgehead atoms. The lowest BCUT2D eigenvalue weighted by Crippen LogP contribution is -2.24. The highest BCUT2D eigenvalue weighted by molar-refractivity contribution is 5.20. The summed E-state index contributed by atoms with van der Waals surface area (Å²) in [6.07, 6.45) is 1.12. The fraction of sp³-hybridized carbons (Fsp3) is 0.357. The molecule has 0 saturated heterocycles. The van der Waals surface area contributed by atoms with E-state index in [-0.39, 0.29) is 11.9 Å². The van der Waals surface area contributed by atoms with E-state index < -0.39 is 6.10 Å². The number of hydrogen-bond acceptors (Lipinski definition) is 3. The van der Waals surface area contributed by atoms with Crippen LogP contribution in [0.3, 0.4) is 0 Å². The number of aryl methyl sites for hydroxylation is 1. The van der Waals surface area contributed by atoms with Crippen LogP contribution < -0.4 is 5.32 Å². The number of benzene rings is 1. The van der Waals surface area contributed by atoms with Crippen LogP contribution in [0.4, 0.5) is 4.39 Å². The van der Waals surface area contributed by atoms with Crippen molar-refractivity contribution in [2.45, 2.75) is 26.0 Å². The topological polar surface area (TPSA) is 60.9 Å². The largest absolute Gasteiger partial charge is 0.387 e. The number of rotatable bonds is 5. The molecule has 0 saturated carbocycles. The molecule has 0 aliphatic rings. The Morgan fingerprint density at radius 3 is 2.63 bits per heavy atom. The minimum absolute atomic E-state index is 0.0915. The third-order valence-electron chi connectivity index (χ3n) is 3.21. The number of aliphatic hydroxyl groups excluding tert-OH is 1. The third-order valence-corrected chi connectivity index (χ3v) is 3.21. The van der Waals surface area contributed by atoms with E-state index >= 15 is 0 Å². The van der Waals surface area contributed by atoms with Gasteiger partial charge in [0.25, 0.3) is 0 Å². The predicted molar refractivity (Wildman–Crippen MR) is 71.1 cm³/mol. The number of nitrogens with zero attached hydrogens (tertiary/aromatic N) is 1. The molecule has 19 heavy (non-hydrogen) atoms. The fourth-order valence-corrected chi connectivity index (χ4v) is 2.00. The van der Waals surface area contributed by atoms with Gasteiger partial charge < -0.3 is 10.4 Å². The highest BCUT2D eigenvalue weighted by atomic mass is 19.1. The molecule has 2 aromatic rings. The highest BCUT2D eigenvalue weighted by Crippen LogP contribution is 2.17. The maximum Gasteiger partial charge on any atom is 0.123 e. The first-order valence-corrected chi connectivity index (χ1v) is 6.24. The van der Waals surface area contributed by atoms with Gasteiger partial charge in [0.2, 0.25) is 0 Å². The summed E-state index contributed by atoms with van der Waals surface area (Å²) in [6.45, 7) is 4.36. The summed E-state index contributed by atoms with van der Waals surface area (Å²) >= 11 is 0. The van der Waals surface area contributed by atoms with Crippen LogP contribution in [0.2, 0.25) is 0 Å². The summed E-state index contributed by atoms with van der Waals surface area (Å²) in [4.78, 5) is 0. The number of aliphatic hydroxyl groups is 1. The van der Waals surface area contributed by atoms with Crippen molar-refractivity contribution in [3.8, 4) is 0 Å². The van der Waals surface area contributed by atoms with Crippen molar-refractivity contribution < 1.29 is 9.50 Å². The molecule has 0 amide bonds. The van der Waals surface area contributed by atoms with Crippen LogP contribution in [0.15, 0.2) is 30.5 Å². The van der Waals surface area contributed by atoms with Gasteiger partial charge in [0.15, 0.2) is 0 Å². The number of halogens is 1. The number of aromatic amines is 1. The lowest BCUT2D eigenvalue weighted by Gasteiger charge is -2.17. The van der Waals surface area contributed by atoms with Gasteiger partial charge in [-0.05, 0) is 31.5 Å². The number of H-pyrrole nitrogens is 1. The van der Waals surface area contributed by atoms with E-state index in [0.717, 1.165) is 11.3 Å². The lowest BCUT2D eigenvalue weighted by atomic mass is 10.1. The zero-order chi connectivity index (χ0) is 13.8. The molecule has 2 atom stereocenters. The molecular formula is C14H18FN3O. The zero-order valence-corrected chi connectivity index (χ0v) is 11.0. The monoisotopic (exact) mass is 263 g/mol. The van der Waals surface area contributed by atoms with Gasteiger partial charge in [-0.1, -0.05) is 12.1 Å². The van der Waals surface area contributed by atoms with Crippen molar-refractivity contribution in [3.63, 3.8) is 0 Å². The summed E-state index contributed by atoms with van der Waals surface area (Å²) in [7, 11) is 0. The van der Waals surface area contributed by atoms with Crippen LogP contribution in [0.1, 0.15) is 35.9 Å². The maximum absolute atomic E-state index is 12.8. The van der Waals surface area contributed by atoms with E-state index in [1.807, 2.05) is 13.8 Å². The Kier molecular flexibility index (Phi) is 4.29. The Bertz CT molecular complexity index is 524. The number of hydrogen-bond donors (Lipinski definition) is 3. The van der Waals surface area contributed by atoms with E-state index in [1.165, 1.54) is 12.1 Å². The predicted octanol–water partition coefficient (Wildman–Crippen LogP) is 2.24. The first-order valence-electron chi connectivity index (χ1n) is 6.24. The van der Waals surface area contributed by atoms with Crippen LogP contribution in [-0.4, -0.2) is 21.8 Å². The molecule has 0 radical (unpaired) electrons. The molecule has 1 aromatic heterocycles. The van der Waals surface area contributed by atoms with E-state index in [4.69, 9.17) is 0 Å². The van der Waals surface area contributed by atoms with Gasteiger partial charge in [-0.15, -0.1) is 0 Å². The Labute approximate surface area is 111 Å². The lowest BCUT2D eigenvalue weighted by molar-refractivity contribution is 0.170. The van der Waals surface area contributed by atoms with E-state index in [1.54, 1.807) is 18.3 Å². The summed E-state index contributed by atoms with van der Waals surface area (Å²) in [5.41, 5.74) is 2.78. The van der Waals surface area contributed by atoms with E-state index in [0.29, 0.717) is 12.1 Å². The second-order valence-corrected chi connectivity index (χ2v) is 4.65. The SMILES string of the molecule is Cc1[nH]ncc1C(C)NCC(O)c1ccc(F)cc1. The van der Waals surface area contributed by atoms with Gasteiger partial charge in [-0.25, -0.2) is 4.39 Å². The van der Waals surface area contributed by atoms with E-state index in [9.17, 15) is 9.50 Å². The third kappa shape index (κ3) is 3.39. The second kappa shape index (κ2) is 5.95. The normalized spacial score (nSPS) is 14.3. The van der Waals surface area contributed by atoms with Crippen LogP contribution >= 0.6 is 0 Å².